The average molecular weight is 187 g/mol. The van der Waals surface area contributed by atoms with Crippen molar-refractivity contribution in [3.05, 3.63) is 0 Å². The zero-order valence-electron chi connectivity index (χ0n) is 8.57. The molecule has 4 heteroatoms. The zero-order valence-corrected chi connectivity index (χ0v) is 8.57. The lowest BCUT2D eigenvalue weighted by Gasteiger charge is -2.43. The van der Waals surface area contributed by atoms with Gasteiger partial charge in [-0.3, -0.25) is 0 Å². The number of carbonyl (C=O) groups excluding carboxylic acids is 1. The van der Waals surface area contributed by atoms with Gasteiger partial charge in [-0.1, -0.05) is 0 Å². The first kappa shape index (κ1) is 10.3. The van der Waals surface area contributed by atoms with E-state index < -0.39 is 11.7 Å². The first-order valence-corrected chi connectivity index (χ1v) is 4.49. The molecule has 1 fully saturated rings. The van der Waals surface area contributed by atoms with Crippen LogP contribution < -0.4 is 0 Å². The van der Waals surface area contributed by atoms with E-state index in [1.165, 1.54) is 4.90 Å². The highest BCUT2D eigenvalue weighted by atomic mass is 16.6. The monoisotopic (exact) mass is 187 g/mol. The summed E-state index contributed by atoms with van der Waals surface area (Å²) in [6.45, 7) is 7.66. The normalized spacial score (nSPS) is 28.2. The summed E-state index contributed by atoms with van der Waals surface area (Å²) >= 11 is 0. The number of nitrogens with zero attached hydrogens (tertiary/aromatic N) is 1. The second kappa shape index (κ2) is 3.18. The summed E-state index contributed by atoms with van der Waals surface area (Å²) in [5.41, 5.74) is -0.461. The summed E-state index contributed by atoms with van der Waals surface area (Å²) in [6, 6.07) is -0.116. The van der Waals surface area contributed by atoms with E-state index in [0.717, 1.165) is 0 Å². The molecule has 1 amide bonds. The number of hydrogen-bond acceptors (Lipinski definition) is 3. The van der Waals surface area contributed by atoms with Gasteiger partial charge in [-0.25, -0.2) is 4.79 Å². The van der Waals surface area contributed by atoms with Gasteiger partial charge in [-0.15, -0.1) is 0 Å². The van der Waals surface area contributed by atoms with Crippen molar-refractivity contribution >= 4 is 6.09 Å². The smallest absolute Gasteiger partial charge is 0.410 e. The lowest BCUT2D eigenvalue weighted by molar-refractivity contribution is -0.0640. The number of aliphatic hydroxyl groups is 1. The van der Waals surface area contributed by atoms with Crippen LogP contribution in [-0.4, -0.2) is 40.4 Å². The lowest BCUT2D eigenvalue weighted by atomic mass is 10.0. The summed E-state index contributed by atoms with van der Waals surface area (Å²) in [6.07, 6.45) is -0.738. The molecule has 0 bridgehead atoms. The molecule has 0 aromatic carbocycles. The Labute approximate surface area is 78.5 Å². The first-order chi connectivity index (χ1) is 5.81. The number of rotatable bonds is 0. The Morgan fingerprint density at radius 1 is 1.54 bits per heavy atom. The predicted molar refractivity (Wildman–Crippen MR) is 48.4 cm³/mol. The maximum Gasteiger partial charge on any atom is 0.410 e. The van der Waals surface area contributed by atoms with Crippen LogP contribution in [-0.2, 0) is 4.74 Å². The van der Waals surface area contributed by atoms with Crippen molar-refractivity contribution in [2.75, 3.05) is 6.54 Å². The van der Waals surface area contributed by atoms with E-state index in [1.54, 1.807) is 6.92 Å². The van der Waals surface area contributed by atoms with Gasteiger partial charge < -0.3 is 14.7 Å². The van der Waals surface area contributed by atoms with E-state index in [-0.39, 0.29) is 12.1 Å². The highest BCUT2D eigenvalue weighted by molar-refractivity contribution is 5.69. The Morgan fingerprint density at radius 3 is 2.38 bits per heavy atom. The Bertz CT molecular complexity index is 209. The maximum absolute atomic E-state index is 11.4. The number of amides is 1. The Morgan fingerprint density at radius 2 is 2.08 bits per heavy atom. The molecule has 0 aliphatic carbocycles. The molecule has 2 atom stereocenters. The molecule has 13 heavy (non-hydrogen) atoms. The van der Waals surface area contributed by atoms with Crippen LogP contribution in [0.25, 0.3) is 0 Å². The quantitative estimate of drug-likeness (QED) is 0.615. The maximum atomic E-state index is 11.4. The summed E-state index contributed by atoms with van der Waals surface area (Å²) in [5.74, 6) is 0. The Hall–Kier alpha value is -0.770. The molecular formula is C9H17NO3. The van der Waals surface area contributed by atoms with Gasteiger partial charge in [0, 0.05) is 0 Å². The largest absolute Gasteiger partial charge is 0.444 e. The minimum Gasteiger partial charge on any atom is -0.444 e. The molecule has 0 saturated carbocycles. The van der Waals surface area contributed by atoms with Crippen molar-refractivity contribution < 1.29 is 14.6 Å². The van der Waals surface area contributed by atoms with Crippen LogP contribution in [0.4, 0.5) is 4.79 Å². The number of aliphatic hydroxyl groups excluding tert-OH is 1. The number of β-amino-alcohol motifs (C(OH)–C–C–N with tert-alkyl or cyclic N) is 1. The minimum atomic E-state index is -0.461. The lowest BCUT2D eigenvalue weighted by Crippen LogP contribution is -2.61. The molecule has 76 valence electrons. The molecule has 4 nitrogen and oxygen atoms in total. The molecule has 1 aliphatic heterocycles. The molecule has 0 aromatic rings. The van der Waals surface area contributed by atoms with Gasteiger partial charge in [-0.2, -0.15) is 0 Å². The van der Waals surface area contributed by atoms with Gasteiger partial charge in [0.05, 0.1) is 18.7 Å². The summed E-state index contributed by atoms with van der Waals surface area (Å²) in [7, 11) is 0. The summed E-state index contributed by atoms with van der Waals surface area (Å²) < 4.78 is 5.14. The van der Waals surface area contributed by atoms with E-state index in [1.807, 2.05) is 20.8 Å². The SMILES string of the molecule is C[C@H]1C(O)CN1C(=O)OC(C)(C)C. The third-order valence-electron chi connectivity index (χ3n) is 2.06. The van der Waals surface area contributed by atoms with Crippen LogP contribution in [0.1, 0.15) is 27.7 Å². The Balaban J connectivity index is 2.42. The first-order valence-electron chi connectivity index (χ1n) is 4.49. The molecular weight excluding hydrogens is 170 g/mol. The van der Waals surface area contributed by atoms with Crippen LogP contribution in [0.15, 0.2) is 0 Å². The fourth-order valence-electron chi connectivity index (χ4n) is 1.15. The third-order valence-corrected chi connectivity index (χ3v) is 2.06. The van der Waals surface area contributed by atoms with Crippen molar-refractivity contribution in [2.24, 2.45) is 0 Å². The van der Waals surface area contributed by atoms with Gasteiger partial charge in [0.2, 0.25) is 0 Å². The van der Waals surface area contributed by atoms with Crippen molar-refractivity contribution in [1.82, 2.24) is 4.90 Å². The molecule has 1 saturated heterocycles. The van der Waals surface area contributed by atoms with E-state index >= 15 is 0 Å². The fourth-order valence-corrected chi connectivity index (χ4v) is 1.15. The van der Waals surface area contributed by atoms with E-state index in [9.17, 15) is 9.90 Å². The standard InChI is InChI=1S/C9H17NO3/c1-6-7(11)5-10(6)8(12)13-9(2,3)4/h6-7,11H,5H2,1-4H3/t6-,7?/m0/s1. The molecule has 0 aromatic heterocycles. The predicted octanol–water partition coefficient (Wildman–Crippen LogP) is 0.987. The second-order valence-electron chi connectivity index (χ2n) is 4.44. The molecule has 0 radical (unpaired) electrons. The molecule has 1 heterocycles. The third kappa shape index (κ3) is 2.34. The van der Waals surface area contributed by atoms with Crippen LogP contribution in [0.5, 0.6) is 0 Å². The molecule has 0 spiro atoms. The van der Waals surface area contributed by atoms with Crippen LogP contribution in [0, 0.1) is 0 Å². The van der Waals surface area contributed by atoms with E-state index in [2.05, 4.69) is 0 Å². The van der Waals surface area contributed by atoms with Crippen LogP contribution in [0.3, 0.4) is 0 Å². The Kier molecular flexibility index (Phi) is 2.52. The number of ether oxygens (including phenoxy) is 1. The van der Waals surface area contributed by atoms with Crippen LogP contribution in [0.2, 0.25) is 0 Å². The van der Waals surface area contributed by atoms with Gasteiger partial charge in [0.15, 0.2) is 0 Å². The van der Waals surface area contributed by atoms with Crippen molar-refractivity contribution in [3.8, 4) is 0 Å². The van der Waals surface area contributed by atoms with Gasteiger partial charge in [0.1, 0.15) is 5.60 Å². The van der Waals surface area contributed by atoms with Gasteiger partial charge in [-0.05, 0) is 27.7 Å². The van der Waals surface area contributed by atoms with E-state index in [0.29, 0.717) is 6.54 Å². The molecule has 1 N–H and O–H groups in total. The molecule has 1 aliphatic rings. The highest BCUT2D eigenvalue weighted by Crippen LogP contribution is 2.20. The summed E-state index contributed by atoms with van der Waals surface area (Å²) in [4.78, 5) is 12.9. The fraction of sp³-hybridized carbons (Fsp3) is 0.889. The van der Waals surface area contributed by atoms with Crippen molar-refractivity contribution in [1.29, 1.82) is 0 Å². The van der Waals surface area contributed by atoms with Gasteiger partial charge in [0.25, 0.3) is 0 Å². The number of carbonyl (C=O) groups is 1. The van der Waals surface area contributed by atoms with E-state index in [4.69, 9.17) is 4.74 Å². The minimum absolute atomic E-state index is 0.116. The average Bonchev–Trinajstić information content (AvgIpc) is 1.95. The van der Waals surface area contributed by atoms with Crippen molar-refractivity contribution in [3.63, 3.8) is 0 Å². The number of hydrogen-bond donors (Lipinski definition) is 1. The van der Waals surface area contributed by atoms with Gasteiger partial charge >= 0.3 is 6.09 Å². The van der Waals surface area contributed by atoms with Crippen LogP contribution >= 0.6 is 0 Å². The zero-order chi connectivity index (χ0) is 10.2. The van der Waals surface area contributed by atoms with Crippen molar-refractivity contribution in [2.45, 2.75) is 45.4 Å². The number of likely N-dealkylation sites (tertiary alicyclic amines) is 1. The highest BCUT2D eigenvalue weighted by Gasteiger charge is 2.39. The topological polar surface area (TPSA) is 49.8 Å². The second-order valence-corrected chi connectivity index (χ2v) is 4.44. The molecule has 1 rings (SSSR count). The summed E-state index contributed by atoms with van der Waals surface area (Å²) in [5, 5.41) is 9.18. The molecule has 1 unspecified atom stereocenters.